The lowest BCUT2D eigenvalue weighted by Gasteiger charge is -2.06. The van der Waals surface area contributed by atoms with Crippen molar-refractivity contribution in [3.63, 3.8) is 0 Å². The van der Waals surface area contributed by atoms with E-state index in [2.05, 4.69) is 0 Å². The lowest BCUT2D eigenvalue weighted by molar-refractivity contribution is -0.141. The lowest BCUT2D eigenvalue weighted by Crippen LogP contribution is -2.14. The number of carbonyl (C=O) groups is 3. The highest BCUT2D eigenvalue weighted by molar-refractivity contribution is 7.99. The number of Topliss-reactive ketones (excluding diaryl/α,β-unsaturated/α-hetero) is 1. The monoisotopic (exact) mass is 363 g/mol. The van der Waals surface area contributed by atoms with Gasteiger partial charge >= 0.3 is 11.9 Å². The number of ether oxygens (including phenoxy) is 2. The summed E-state index contributed by atoms with van der Waals surface area (Å²) >= 11 is 1.38. The van der Waals surface area contributed by atoms with Gasteiger partial charge < -0.3 is 13.9 Å². The molecule has 0 N–H and O–H groups in total. The number of hydrogen-bond donors (Lipinski definition) is 0. The number of carbonyl (C=O) groups excluding carboxylic acids is 3. The molecule has 0 bridgehead atoms. The summed E-state index contributed by atoms with van der Waals surface area (Å²) in [6.07, 6.45) is 1.34. The van der Waals surface area contributed by atoms with E-state index in [1.54, 1.807) is 42.6 Å². The zero-order valence-electron chi connectivity index (χ0n) is 14.5. The summed E-state index contributed by atoms with van der Waals surface area (Å²) < 4.78 is 11.7. The van der Waals surface area contributed by atoms with Crippen LogP contribution in [0.2, 0.25) is 0 Å². The van der Waals surface area contributed by atoms with Crippen LogP contribution in [0.4, 0.5) is 0 Å². The molecule has 0 aliphatic rings. The van der Waals surface area contributed by atoms with Crippen molar-refractivity contribution in [3.8, 4) is 0 Å². The molecule has 0 radical (unpaired) electrons. The average molecular weight is 363 g/mol. The van der Waals surface area contributed by atoms with E-state index in [0.29, 0.717) is 27.4 Å². The summed E-state index contributed by atoms with van der Waals surface area (Å²) in [5.74, 6) is -0.768. The van der Waals surface area contributed by atoms with Gasteiger partial charge in [0.1, 0.15) is 12.1 Å². The van der Waals surface area contributed by atoms with Crippen molar-refractivity contribution >= 4 is 35.0 Å². The Bertz CT molecular complexity index is 796. The smallest absolute Gasteiger partial charge is 0.341 e. The number of rotatable bonds is 8. The second-order valence-electron chi connectivity index (χ2n) is 5.07. The Balaban J connectivity index is 2.61. The van der Waals surface area contributed by atoms with E-state index in [0.717, 1.165) is 0 Å². The molecule has 2 aromatic rings. The Hall–Kier alpha value is -2.28. The fourth-order valence-corrected chi connectivity index (χ4v) is 3.53. The number of aromatic nitrogens is 1. The number of thioether (sulfide) groups is 1. The fraction of sp³-hybridized carbons (Fsp3) is 0.389. The van der Waals surface area contributed by atoms with Crippen LogP contribution in [0.5, 0.6) is 0 Å². The molecule has 6 nitrogen and oxygen atoms in total. The van der Waals surface area contributed by atoms with E-state index < -0.39 is 11.9 Å². The molecule has 2 rings (SSSR count). The summed E-state index contributed by atoms with van der Waals surface area (Å²) in [5, 5.41) is 0. The standard InChI is InChI=1S/C18H21NO5S/c1-4-23-14(21)11-13(20)16-17(25-6-3)15(18(22)24-5-2)12-9-7-8-10-19(12)16/h7-10H,4-6,11H2,1-3H3. The zero-order chi connectivity index (χ0) is 18.4. The molecule has 2 heterocycles. The fourth-order valence-electron chi connectivity index (χ4n) is 2.56. The molecule has 2 aromatic heterocycles. The molecule has 0 aromatic carbocycles. The van der Waals surface area contributed by atoms with Gasteiger partial charge in [-0.2, -0.15) is 0 Å². The van der Waals surface area contributed by atoms with Crippen LogP contribution in [-0.2, 0) is 14.3 Å². The highest BCUT2D eigenvalue weighted by Crippen LogP contribution is 2.34. The van der Waals surface area contributed by atoms with Gasteiger partial charge in [0.25, 0.3) is 0 Å². The SMILES string of the molecule is CCOC(=O)CC(=O)c1c(SCC)c(C(=O)OCC)c2ccccn12. The average Bonchev–Trinajstić information content (AvgIpc) is 2.89. The number of hydrogen-bond acceptors (Lipinski definition) is 6. The van der Waals surface area contributed by atoms with Crippen molar-refractivity contribution in [3.05, 3.63) is 35.7 Å². The number of nitrogens with zero attached hydrogens (tertiary/aromatic N) is 1. The van der Waals surface area contributed by atoms with Crippen molar-refractivity contribution in [2.45, 2.75) is 32.1 Å². The zero-order valence-corrected chi connectivity index (χ0v) is 15.4. The van der Waals surface area contributed by atoms with Crippen LogP contribution in [0.3, 0.4) is 0 Å². The van der Waals surface area contributed by atoms with Crippen molar-refractivity contribution in [2.75, 3.05) is 19.0 Å². The summed E-state index contributed by atoms with van der Waals surface area (Å²) in [6.45, 7) is 5.81. The van der Waals surface area contributed by atoms with Crippen molar-refractivity contribution in [1.82, 2.24) is 4.40 Å². The third-order valence-electron chi connectivity index (χ3n) is 3.44. The van der Waals surface area contributed by atoms with Gasteiger partial charge in [0.15, 0.2) is 5.78 Å². The molecule has 0 amide bonds. The molecule has 0 spiro atoms. The highest BCUT2D eigenvalue weighted by atomic mass is 32.2. The third kappa shape index (κ3) is 4.04. The van der Waals surface area contributed by atoms with Crippen LogP contribution in [-0.4, -0.2) is 41.1 Å². The largest absolute Gasteiger partial charge is 0.466 e. The van der Waals surface area contributed by atoms with E-state index in [-0.39, 0.29) is 25.4 Å². The normalized spacial score (nSPS) is 10.7. The van der Waals surface area contributed by atoms with Gasteiger partial charge in [0.2, 0.25) is 0 Å². The maximum atomic E-state index is 12.7. The Morgan fingerprint density at radius 3 is 2.44 bits per heavy atom. The van der Waals surface area contributed by atoms with Crippen LogP contribution in [0.15, 0.2) is 29.3 Å². The first-order valence-electron chi connectivity index (χ1n) is 8.16. The van der Waals surface area contributed by atoms with Crippen LogP contribution in [0.25, 0.3) is 5.52 Å². The first-order valence-corrected chi connectivity index (χ1v) is 9.15. The van der Waals surface area contributed by atoms with Crippen molar-refractivity contribution < 1.29 is 23.9 Å². The van der Waals surface area contributed by atoms with Crippen molar-refractivity contribution in [2.24, 2.45) is 0 Å². The molecule has 0 saturated carbocycles. The first-order chi connectivity index (χ1) is 12.0. The maximum Gasteiger partial charge on any atom is 0.341 e. The minimum absolute atomic E-state index is 0.214. The summed E-state index contributed by atoms with van der Waals surface area (Å²) in [7, 11) is 0. The van der Waals surface area contributed by atoms with Gasteiger partial charge in [-0.05, 0) is 31.7 Å². The highest BCUT2D eigenvalue weighted by Gasteiger charge is 2.28. The first kappa shape index (κ1) is 19.1. The van der Waals surface area contributed by atoms with E-state index in [4.69, 9.17) is 9.47 Å². The second kappa shape index (κ2) is 8.71. The maximum absolute atomic E-state index is 12.7. The molecular weight excluding hydrogens is 342 g/mol. The van der Waals surface area contributed by atoms with Gasteiger partial charge in [-0.25, -0.2) is 4.79 Å². The molecule has 134 valence electrons. The molecule has 7 heteroatoms. The van der Waals surface area contributed by atoms with E-state index >= 15 is 0 Å². The number of fused-ring (bicyclic) bond motifs is 1. The molecule has 0 aliphatic carbocycles. The minimum atomic E-state index is -0.580. The van der Waals surface area contributed by atoms with Gasteiger partial charge in [-0.15, -0.1) is 11.8 Å². The summed E-state index contributed by atoms with van der Waals surface area (Å²) in [4.78, 5) is 37.5. The second-order valence-corrected chi connectivity index (χ2v) is 6.34. The van der Waals surface area contributed by atoms with Crippen LogP contribution < -0.4 is 0 Å². The topological polar surface area (TPSA) is 74.1 Å². The molecule has 25 heavy (non-hydrogen) atoms. The van der Waals surface area contributed by atoms with Gasteiger partial charge in [-0.3, -0.25) is 9.59 Å². The third-order valence-corrected chi connectivity index (χ3v) is 4.42. The lowest BCUT2D eigenvalue weighted by atomic mass is 10.2. The Morgan fingerprint density at radius 2 is 1.80 bits per heavy atom. The van der Waals surface area contributed by atoms with Crippen LogP contribution in [0.1, 0.15) is 48.0 Å². The van der Waals surface area contributed by atoms with Gasteiger partial charge in [-0.1, -0.05) is 13.0 Å². The Morgan fingerprint density at radius 1 is 1.08 bits per heavy atom. The molecule has 0 unspecified atom stereocenters. The van der Waals surface area contributed by atoms with Gasteiger partial charge in [0, 0.05) is 6.20 Å². The summed E-state index contributed by atoms with van der Waals surface area (Å²) in [5.41, 5.74) is 1.27. The minimum Gasteiger partial charge on any atom is -0.466 e. The quantitative estimate of drug-likeness (QED) is 0.310. The number of esters is 2. The van der Waals surface area contributed by atoms with Crippen molar-refractivity contribution in [1.29, 1.82) is 0 Å². The molecule has 0 aliphatic heterocycles. The molecule has 0 fully saturated rings. The van der Waals surface area contributed by atoms with Crippen LogP contribution in [0, 0.1) is 0 Å². The number of pyridine rings is 1. The number of ketones is 1. The predicted octanol–water partition coefficient (Wildman–Crippen LogP) is 3.36. The molecule has 0 saturated heterocycles. The van der Waals surface area contributed by atoms with Gasteiger partial charge in [0.05, 0.1) is 29.2 Å². The predicted molar refractivity (Wildman–Crippen MR) is 95.3 cm³/mol. The Kier molecular flexibility index (Phi) is 6.64. The Labute approximate surface area is 150 Å². The van der Waals surface area contributed by atoms with E-state index in [1.165, 1.54) is 11.8 Å². The van der Waals surface area contributed by atoms with E-state index in [9.17, 15) is 14.4 Å². The van der Waals surface area contributed by atoms with E-state index in [1.807, 2.05) is 6.92 Å². The van der Waals surface area contributed by atoms with Crippen LogP contribution >= 0.6 is 11.8 Å². The molecular formula is C18H21NO5S. The molecule has 0 atom stereocenters. The summed E-state index contributed by atoms with van der Waals surface area (Å²) in [6, 6.07) is 5.31.